The Hall–Kier alpha value is -2.08. The summed E-state index contributed by atoms with van der Waals surface area (Å²) in [5, 5.41) is 30.1. The van der Waals surface area contributed by atoms with Crippen molar-refractivity contribution in [3.05, 3.63) is 17.9 Å². The third kappa shape index (κ3) is 4.16. The zero-order valence-corrected chi connectivity index (χ0v) is 18.7. The molecule has 0 aliphatic carbocycles. The number of β-amino-alcohol motifs (C(OH)–C–C–N with tert-alkyl or cyclic N) is 1. The van der Waals surface area contributed by atoms with Gasteiger partial charge in [-0.05, 0) is 45.2 Å². The molecule has 4 heterocycles. The average molecular weight is 462 g/mol. The molecule has 0 bridgehead atoms. The first-order valence-electron chi connectivity index (χ1n) is 11.5. The second kappa shape index (κ2) is 8.30. The number of rotatable bonds is 5. The van der Waals surface area contributed by atoms with Gasteiger partial charge >= 0.3 is 13.1 Å². The molecule has 3 saturated heterocycles. The largest absolute Gasteiger partial charge is 0.491 e. The summed E-state index contributed by atoms with van der Waals surface area (Å²) >= 11 is 0. The molecule has 1 aromatic heterocycles. The highest BCUT2D eigenvalue weighted by Gasteiger charge is 2.49. The van der Waals surface area contributed by atoms with Crippen molar-refractivity contribution in [1.82, 2.24) is 14.9 Å². The van der Waals surface area contributed by atoms with E-state index in [0.717, 1.165) is 25.8 Å². The molecule has 0 radical (unpaired) electrons. The predicted octanol–water partition coefficient (Wildman–Crippen LogP) is 0.755. The van der Waals surface area contributed by atoms with E-state index in [2.05, 4.69) is 14.9 Å². The number of aromatic nitrogens is 2. The van der Waals surface area contributed by atoms with E-state index >= 15 is 4.39 Å². The third-order valence-electron chi connectivity index (χ3n) is 7.28. The van der Waals surface area contributed by atoms with Crippen LogP contribution in [0.4, 0.5) is 14.6 Å². The normalized spacial score (nSPS) is 30.1. The Balaban J connectivity index is 1.53. The number of nitrogens with zero attached hydrogens (tertiary/aromatic N) is 4. The Morgan fingerprint density at radius 3 is 2.76 bits per heavy atom. The summed E-state index contributed by atoms with van der Waals surface area (Å²) in [7, 11) is -1.99. The van der Waals surface area contributed by atoms with Gasteiger partial charge in [-0.3, -0.25) is 4.90 Å². The Labute approximate surface area is 191 Å². The molecule has 3 atom stereocenters. The molecule has 33 heavy (non-hydrogen) atoms. The molecule has 11 heteroatoms. The van der Waals surface area contributed by atoms with Crippen LogP contribution in [0.15, 0.2) is 12.1 Å². The van der Waals surface area contributed by atoms with Crippen LogP contribution < -0.4 is 15.1 Å². The summed E-state index contributed by atoms with van der Waals surface area (Å²) in [6.45, 7) is 4.09. The number of halogens is 2. The lowest BCUT2D eigenvalue weighted by atomic mass is 9.79. The van der Waals surface area contributed by atoms with E-state index < -0.39 is 30.2 Å². The van der Waals surface area contributed by atoms with Gasteiger partial charge in [-0.1, -0.05) is 6.07 Å². The minimum atomic E-state index is -1.99. The third-order valence-corrected chi connectivity index (χ3v) is 7.28. The number of hydrogen-bond acceptors (Lipinski definition) is 8. The molecule has 0 amide bonds. The standard InChI is InChI=1S/C22H29BF2N4O4/c1-21(30)6-2-8-28(12-21)19-15-4-5-16(23(31)32)17(25)18(15)26-20(27-19)33-13-22-7-3-9-29(22)11-14(24)10-22/h4-5,14,30-32H,2-3,6-13H2,1H3/t14-,21-,22+/m1/s1. The van der Waals surface area contributed by atoms with E-state index in [1.807, 2.05) is 4.90 Å². The number of anilines is 1. The molecule has 5 rings (SSSR count). The SMILES string of the molecule is C[C@@]1(O)CCCN(c2nc(OC[C@@]34CCCN3C[C@H](F)C4)nc3c(F)c(B(O)O)ccc23)C1. The van der Waals surface area contributed by atoms with Crippen molar-refractivity contribution in [1.29, 1.82) is 0 Å². The molecule has 0 saturated carbocycles. The molecular weight excluding hydrogens is 433 g/mol. The van der Waals surface area contributed by atoms with Crippen LogP contribution in [-0.4, -0.2) is 87.2 Å². The fourth-order valence-corrected chi connectivity index (χ4v) is 5.69. The van der Waals surface area contributed by atoms with Gasteiger partial charge in [0.2, 0.25) is 0 Å². The van der Waals surface area contributed by atoms with E-state index in [0.29, 0.717) is 43.7 Å². The van der Waals surface area contributed by atoms with Crippen LogP contribution in [0.3, 0.4) is 0 Å². The van der Waals surface area contributed by atoms with Crippen molar-refractivity contribution in [2.24, 2.45) is 0 Å². The molecule has 178 valence electrons. The lowest BCUT2D eigenvalue weighted by molar-refractivity contribution is 0.0447. The highest BCUT2D eigenvalue weighted by Crippen LogP contribution is 2.40. The Morgan fingerprint density at radius 2 is 2.00 bits per heavy atom. The van der Waals surface area contributed by atoms with Gasteiger partial charge in [-0.25, -0.2) is 8.78 Å². The fourth-order valence-electron chi connectivity index (χ4n) is 5.69. The maximum Gasteiger partial charge on any atom is 0.491 e. The Morgan fingerprint density at radius 1 is 1.21 bits per heavy atom. The van der Waals surface area contributed by atoms with Gasteiger partial charge in [0, 0.05) is 36.9 Å². The maximum absolute atomic E-state index is 15.2. The van der Waals surface area contributed by atoms with Crippen molar-refractivity contribution < 1.29 is 28.7 Å². The van der Waals surface area contributed by atoms with Gasteiger partial charge in [0.25, 0.3) is 0 Å². The van der Waals surface area contributed by atoms with Crippen molar-refractivity contribution in [3.63, 3.8) is 0 Å². The molecule has 3 fully saturated rings. The summed E-state index contributed by atoms with van der Waals surface area (Å²) < 4.78 is 35.3. The number of piperidine rings is 1. The van der Waals surface area contributed by atoms with Crippen LogP contribution >= 0.6 is 0 Å². The minimum absolute atomic E-state index is 0.0465. The number of ether oxygens (including phenoxy) is 1. The number of aliphatic hydroxyl groups is 1. The van der Waals surface area contributed by atoms with Crippen molar-refractivity contribution in [3.8, 4) is 6.01 Å². The second-order valence-corrected chi connectivity index (χ2v) is 9.95. The highest BCUT2D eigenvalue weighted by atomic mass is 19.1. The van der Waals surface area contributed by atoms with Gasteiger partial charge in [-0.2, -0.15) is 9.97 Å². The molecular formula is C22H29BF2N4O4. The second-order valence-electron chi connectivity index (χ2n) is 9.95. The van der Waals surface area contributed by atoms with Crippen molar-refractivity contribution in [2.45, 2.75) is 56.3 Å². The van der Waals surface area contributed by atoms with Crippen LogP contribution in [-0.2, 0) is 0 Å². The number of hydrogen-bond donors (Lipinski definition) is 3. The molecule has 8 nitrogen and oxygen atoms in total. The van der Waals surface area contributed by atoms with Gasteiger partial charge in [-0.15, -0.1) is 0 Å². The molecule has 2 aromatic rings. The van der Waals surface area contributed by atoms with Crippen LogP contribution in [0.5, 0.6) is 6.01 Å². The maximum atomic E-state index is 15.2. The molecule has 3 aliphatic rings. The Bertz CT molecular complexity index is 1060. The molecule has 1 aromatic carbocycles. The molecule has 0 unspecified atom stereocenters. The van der Waals surface area contributed by atoms with Crippen LogP contribution in [0, 0.1) is 5.82 Å². The van der Waals surface area contributed by atoms with E-state index in [-0.39, 0.29) is 23.6 Å². The number of alkyl halides is 1. The first kappa shape index (κ1) is 22.7. The first-order valence-corrected chi connectivity index (χ1v) is 11.5. The average Bonchev–Trinajstić information content (AvgIpc) is 3.27. The van der Waals surface area contributed by atoms with Gasteiger partial charge in [0.15, 0.2) is 0 Å². The van der Waals surface area contributed by atoms with Crippen molar-refractivity contribution >= 4 is 29.3 Å². The van der Waals surface area contributed by atoms with Gasteiger partial charge < -0.3 is 24.8 Å². The van der Waals surface area contributed by atoms with E-state index in [9.17, 15) is 19.5 Å². The van der Waals surface area contributed by atoms with Crippen LogP contribution in [0.2, 0.25) is 0 Å². The molecule has 3 N–H and O–H groups in total. The first-order chi connectivity index (χ1) is 15.7. The van der Waals surface area contributed by atoms with E-state index in [4.69, 9.17) is 4.74 Å². The molecule has 0 spiro atoms. The minimum Gasteiger partial charge on any atom is -0.461 e. The van der Waals surface area contributed by atoms with Crippen LogP contribution in [0.1, 0.15) is 39.0 Å². The Kier molecular flexibility index (Phi) is 5.71. The zero-order chi connectivity index (χ0) is 23.4. The topological polar surface area (TPSA) is 102 Å². The predicted molar refractivity (Wildman–Crippen MR) is 120 cm³/mol. The lowest BCUT2D eigenvalue weighted by Crippen LogP contribution is -2.46. The van der Waals surface area contributed by atoms with Crippen LogP contribution in [0.25, 0.3) is 10.9 Å². The molecule has 3 aliphatic heterocycles. The number of benzene rings is 1. The monoisotopic (exact) mass is 462 g/mol. The summed E-state index contributed by atoms with van der Waals surface area (Å²) in [4.78, 5) is 12.8. The van der Waals surface area contributed by atoms with Gasteiger partial charge in [0.1, 0.15) is 29.9 Å². The zero-order valence-electron chi connectivity index (χ0n) is 18.7. The quantitative estimate of drug-likeness (QED) is 0.560. The summed E-state index contributed by atoms with van der Waals surface area (Å²) in [6, 6.07) is 2.81. The highest BCUT2D eigenvalue weighted by molar-refractivity contribution is 6.59. The number of fused-ring (bicyclic) bond motifs is 2. The van der Waals surface area contributed by atoms with Crippen molar-refractivity contribution in [2.75, 3.05) is 37.7 Å². The summed E-state index contributed by atoms with van der Waals surface area (Å²) in [6.07, 6.45) is 2.66. The van der Waals surface area contributed by atoms with E-state index in [1.54, 1.807) is 13.0 Å². The summed E-state index contributed by atoms with van der Waals surface area (Å²) in [5.41, 5.74) is -1.70. The fraction of sp³-hybridized carbons (Fsp3) is 0.636. The van der Waals surface area contributed by atoms with Gasteiger partial charge in [0.05, 0.1) is 11.1 Å². The lowest BCUT2D eigenvalue weighted by Gasteiger charge is -2.38. The summed E-state index contributed by atoms with van der Waals surface area (Å²) in [5.74, 6) is -0.437. The smallest absolute Gasteiger partial charge is 0.461 e. The van der Waals surface area contributed by atoms with E-state index in [1.165, 1.54) is 6.07 Å².